The Morgan fingerprint density at radius 1 is 1.56 bits per heavy atom. The van der Waals surface area contributed by atoms with Crippen molar-refractivity contribution in [3.8, 4) is 0 Å². The molecule has 0 radical (unpaired) electrons. The molecule has 2 N–H and O–H groups in total. The third-order valence-electron chi connectivity index (χ3n) is 3.45. The minimum Gasteiger partial charge on any atom is -0.465 e. The predicted molar refractivity (Wildman–Crippen MR) is 71.2 cm³/mol. The number of aliphatic hydroxyl groups is 1. The summed E-state index contributed by atoms with van der Waals surface area (Å²) in [5.41, 5.74) is 0. The van der Waals surface area contributed by atoms with Crippen LogP contribution in [0.25, 0.3) is 0 Å². The molecule has 1 rings (SSSR count). The van der Waals surface area contributed by atoms with Gasteiger partial charge in [0.15, 0.2) is 0 Å². The molecule has 0 aliphatic carbocycles. The summed E-state index contributed by atoms with van der Waals surface area (Å²) in [6.07, 6.45) is 5.98. The van der Waals surface area contributed by atoms with Crippen molar-refractivity contribution in [2.24, 2.45) is 5.92 Å². The highest BCUT2D eigenvalue weighted by atomic mass is 16.5. The molecule has 0 bridgehead atoms. The maximum absolute atomic E-state index is 11.7. The third-order valence-corrected chi connectivity index (χ3v) is 3.45. The van der Waals surface area contributed by atoms with Crippen LogP contribution in [0.4, 0.5) is 0 Å². The molecule has 1 saturated heterocycles. The standard InChI is InChI=1S/C14H25NO3/c1-4-7-10-8-13(14(17)18-6-3)15-12(10)9-11(16)5-2/h4,7,10-13,15-16H,5-6,8-9H2,1-3H3/b7-4-/t10-,11+,12?,13-/m1/s1. The summed E-state index contributed by atoms with van der Waals surface area (Å²) >= 11 is 0. The van der Waals surface area contributed by atoms with Gasteiger partial charge < -0.3 is 15.2 Å². The number of esters is 1. The Balaban J connectivity index is 2.61. The summed E-state index contributed by atoms with van der Waals surface area (Å²) in [5.74, 6) is 0.117. The normalized spacial score (nSPS) is 29.7. The van der Waals surface area contributed by atoms with Gasteiger partial charge in [0.25, 0.3) is 0 Å². The van der Waals surface area contributed by atoms with Crippen molar-refractivity contribution in [2.75, 3.05) is 6.61 Å². The zero-order valence-corrected chi connectivity index (χ0v) is 11.6. The summed E-state index contributed by atoms with van der Waals surface area (Å²) in [4.78, 5) is 11.7. The highest BCUT2D eigenvalue weighted by Gasteiger charge is 2.37. The first-order chi connectivity index (χ1) is 8.62. The highest BCUT2D eigenvalue weighted by molar-refractivity contribution is 5.76. The number of hydrogen-bond acceptors (Lipinski definition) is 4. The van der Waals surface area contributed by atoms with Crippen LogP contribution in [0, 0.1) is 5.92 Å². The number of allylic oxidation sites excluding steroid dienone is 1. The van der Waals surface area contributed by atoms with Crippen molar-refractivity contribution in [1.82, 2.24) is 5.32 Å². The molecule has 1 aliphatic heterocycles. The van der Waals surface area contributed by atoms with Crippen molar-refractivity contribution < 1.29 is 14.6 Å². The molecule has 4 atom stereocenters. The van der Waals surface area contributed by atoms with Crippen LogP contribution in [0.15, 0.2) is 12.2 Å². The number of rotatable bonds is 6. The number of carbonyl (C=O) groups excluding carboxylic acids is 1. The average molecular weight is 255 g/mol. The number of ether oxygens (including phenoxy) is 1. The molecule has 0 aromatic rings. The molecule has 0 amide bonds. The van der Waals surface area contributed by atoms with Crippen molar-refractivity contribution in [2.45, 2.75) is 58.2 Å². The van der Waals surface area contributed by atoms with E-state index < -0.39 is 0 Å². The van der Waals surface area contributed by atoms with E-state index in [0.29, 0.717) is 18.9 Å². The Hall–Kier alpha value is -0.870. The SMILES string of the molecule is C/C=C\[C@@H]1C[C@H](C(=O)OCC)NC1C[C@@H](O)CC. The summed E-state index contributed by atoms with van der Waals surface area (Å²) < 4.78 is 5.04. The molecular weight excluding hydrogens is 230 g/mol. The van der Waals surface area contributed by atoms with E-state index >= 15 is 0 Å². The smallest absolute Gasteiger partial charge is 0.323 e. The third kappa shape index (κ3) is 4.10. The van der Waals surface area contributed by atoms with Crippen molar-refractivity contribution in [3.63, 3.8) is 0 Å². The monoisotopic (exact) mass is 255 g/mol. The van der Waals surface area contributed by atoms with Crippen molar-refractivity contribution in [1.29, 1.82) is 0 Å². The van der Waals surface area contributed by atoms with Gasteiger partial charge in [0.1, 0.15) is 6.04 Å². The van der Waals surface area contributed by atoms with Crippen LogP contribution in [0.1, 0.15) is 40.0 Å². The molecule has 0 saturated carbocycles. The van der Waals surface area contributed by atoms with E-state index in [4.69, 9.17) is 4.74 Å². The first-order valence-electron chi connectivity index (χ1n) is 6.85. The number of hydrogen-bond donors (Lipinski definition) is 2. The van der Waals surface area contributed by atoms with E-state index in [0.717, 1.165) is 12.8 Å². The Bertz CT molecular complexity index is 291. The van der Waals surface area contributed by atoms with Crippen molar-refractivity contribution >= 4 is 5.97 Å². The van der Waals surface area contributed by atoms with Gasteiger partial charge in [-0.2, -0.15) is 0 Å². The van der Waals surface area contributed by atoms with Crippen LogP contribution in [0.5, 0.6) is 0 Å². The quantitative estimate of drug-likeness (QED) is 0.559. The number of carbonyl (C=O) groups is 1. The fourth-order valence-corrected chi connectivity index (χ4v) is 2.46. The molecule has 1 unspecified atom stereocenters. The molecule has 104 valence electrons. The van der Waals surface area contributed by atoms with E-state index in [1.807, 2.05) is 26.8 Å². The second kappa shape index (κ2) is 7.54. The van der Waals surface area contributed by atoms with E-state index in [1.54, 1.807) is 0 Å². The minimum absolute atomic E-state index is 0.158. The van der Waals surface area contributed by atoms with Gasteiger partial charge >= 0.3 is 5.97 Å². The molecule has 1 fully saturated rings. The largest absolute Gasteiger partial charge is 0.465 e. The lowest BCUT2D eigenvalue weighted by Crippen LogP contribution is -2.38. The van der Waals surface area contributed by atoms with E-state index in [2.05, 4.69) is 11.4 Å². The first kappa shape index (κ1) is 15.2. The maximum Gasteiger partial charge on any atom is 0.323 e. The highest BCUT2D eigenvalue weighted by Crippen LogP contribution is 2.26. The maximum atomic E-state index is 11.7. The zero-order chi connectivity index (χ0) is 13.5. The summed E-state index contributed by atoms with van der Waals surface area (Å²) in [7, 11) is 0. The molecule has 18 heavy (non-hydrogen) atoms. The van der Waals surface area contributed by atoms with Gasteiger partial charge in [-0.25, -0.2) is 0 Å². The summed E-state index contributed by atoms with van der Waals surface area (Å²) in [6.45, 7) is 6.17. The van der Waals surface area contributed by atoms with Gasteiger partial charge in [-0.15, -0.1) is 0 Å². The van der Waals surface area contributed by atoms with Gasteiger partial charge in [0.2, 0.25) is 0 Å². The van der Waals surface area contributed by atoms with E-state index in [-0.39, 0.29) is 24.2 Å². The topological polar surface area (TPSA) is 58.6 Å². The molecule has 0 aromatic carbocycles. The second-order valence-corrected chi connectivity index (χ2v) is 4.80. The molecule has 4 nitrogen and oxygen atoms in total. The Morgan fingerprint density at radius 2 is 2.28 bits per heavy atom. The van der Waals surface area contributed by atoms with Crippen LogP contribution in [-0.4, -0.2) is 35.9 Å². The van der Waals surface area contributed by atoms with Gasteiger partial charge in [0.05, 0.1) is 12.7 Å². The number of nitrogens with one attached hydrogen (secondary N) is 1. The molecule has 1 heterocycles. The van der Waals surface area contributed by atoms with E-state index in [1.165, 1.54) is 0 Å². The molecule has 4 heteroatoms. The Kier molecular flexibility index (Phi) is 6.36. The molecule has 0 spiro atoms. The van der Waals surface area contributed by atoms with Gasteiger partial charge in [0, 0.05) is 6.04 Å². The fraction of sp³-hybridized carbons (Fsp3) is 0.786. The number of aliphatic hydroxyl groups excluding tert-OH is 1. The van der Waals surface area contributed by atoms with Gasteiger partial charge in [-0.1, -0.05) is 19.1 Å². The van der Waals surface area contributed by atoms with Crippen LogP contribution in [0.3, 0.4) is 0 Å². The molecule has 0 aromatic heterocycles. The Labute approximate surface area is 109 Å². The van der Waals surface area contributed by atoms with Crippen LogP contribution >= 0.6 is 0 Å². The Morgan fingerprint density at radius 3 is 2.83 bits per heavy atom. The first-order valence-corrected chi connectivity index (χ1v) is 6.85. The lowest BCUT2D eigenvalue weighted by atomic mass is 9.94. The van der Waals surface area contributed by atoms with Crippen LogP contribution in [0.2, 0.25) is 0 Å². The summed E-state index contributed by atoms with van der Waals surface area (Å²) in [5, 5.41) is 13.0. The van der Waals surface area contributed by atoms with Gasteiger partial charge in [-0.3, -0.25) is 4.79 Å². The van der Waals surface area contributed by atoms with Crippen LogP contribution in [-0.2, 0) is 9.53 Å². The summed E-state index contributed by atoms with van der Waals surface area (Å²) in [6, 6.07) is -0.0780. The van der Waals surface area contributed by atoms with E-state index in [9.17, 15) is 9.90 Å². The average Bonchev–Trinajstić information content (AvgIpc) is 2.73. The predicted octanol–water partition coefficient (Wildman–Crippen LogP) is 1.63. The fourth-order valence-electron chi connectivity index (χ4n) is 2.46. The van der Waals surface area contributed by atoms with Crippen molar-refractivity contribution in [3.05, 3.63) is 12.2 Å². The van der Waals surface area contributed by atoms with Crippen LogP contribution < -0.4 is 5.32 Å². The lowest BCUT2D eigenvalue weighted by molar-refractivity contribution is -0.145. The molecule has 1 aliphatic rings. The zero-order valence-electron chi connectivity index (χ0n) is 11.6. The molecular formula is C14H25NO3. The minimum atomic E-state index is -0.309. The van der Waals surface area contributed by atoms with Gasteiger partial charge in [-0.05, 0) is 39.0 Å². The lowest BCUT2D eigenvalue weighted by Gasteiger charge is -2.19. The second-order valence-electron chi connectivity index (χ2n) is 4.80.